The molecule has 1 aliphatic carbocycles. The lowest BCUT2D eigenvalue weighted by Gasteiger charge is -2.34. The van der Waals surface area contributed by atoms with E-state index in [1.165, 1.54) is 0 Å². The molecule has 0 bridgehead atoms. The van der Waals surface area contributed by atoms with Gasteiger partial charge in [-0.05, 0) is 31.2 Å². The van der Waals surface area contributed by atoms with Crippen molar-refractivity contribution in [2.45, 2.75) is 53.2 Å². The number of sulfone groups is 1. The predicted molar refractivity (Wildman–Crippen MR) is 80.6 cm³/mol. The van der Waals surface area contributed by atoms with Gasteiger partial charge in [-0.1, -0.05) is 20.8 Å². The summed E-state index contributed by atoms with van der Waals surface area (Å²) in [6.45, 7) is 8.44. The molecule has 1 atom stereocenters. The summed E-state index contributed by atoms with van der Waals surface area (Å²) >= 11 is 0. The van der Waals surface area contributed by atoms with E-state index in [0.717, 1.165) is 29.8 Å². The normalized spacial score (nSPS) is 21.8. The second kappa shape index (κ2) is 5.19. The average molecular weight is 299 g/mol. The Bertz CT molecular complexity index is 599. The summed E-state index contributed by atoms with van der Waals surface area (Å²) in [6.07, 6.45) is 1.22. The maximum absolute atomic E-state index is 11.7. The molecule has 1 aliphatic rings. The van der Waals surface area contributed by atoms with Crippen LogP contribution in [0.1, 0.15) is 50.2 Å². The Balaban J connectivity index is 2.32. The van der Waals surface area contributed by atoms with Gasteiger partial charge >= 0.3 is 0 Å². The summed E-state index contributed by atoms with van der Waals surface area (Å²) in [6, 6.07) is 2.01. The van der Waals surface area contributed by atoms with Gasteiger partial charge in [-0.3, -0.25) is 0 Å². The number of hydrogen-bond acceptors (Lipinski definition) is 3. The van der Waals surface area contributed by atoms with Crippen molar-refractivity contribution in [3.05, 3.63) is 23.0 Å². The van der Waals surface area contributed by atoms with E-state index in [2.05, 4.69) is 18.4 Å². The quantitative estimate of drug-likeness (QED) is 0.927. The first-order valence-electron chi connectivity index (χ1n) is 7.22. The van der Waals surface area contributed by atoms with Crippen molar-refractivity contribution in [2.75, 3.05) is 11.5 Å². The lowest BCUT2D eigenvalue weighted by atomic mass is 9.75. The lowest BCUT2D eigenvalue weighted by molar-refractivity contribution is 0.0980. The number of rotatable bonds is 4. The van der Waals surface area contributed by atoms with Crippen LogP contribution in [0.25, 0.3) is 0 Å². The molecule has 0 radical (unpaired) electrons. The Morgan fingerprint density at radius 2 is 2.10 bits per heavy atom. The van der Waals surface area contributed by atoms with E-state index in [1.54, 1.807) is 6.92 Å². The van der Waals surface area contributed by atoms with E-state index in [-0.39, 0.29) is 16.9 Å². The molecule has 0 saturated carbocycles. The molecule has 1 heterocycles. The Hall–Kier alpha value is -0.810. The van der Waals surface area contributed by atoms with Crippen molar-refractivity contribution < 1.29 is 13.5 Å². The highest BCUT2D eigenvalue weighted by Gasteiger charge is 2.34. The molecule has 0 amide bonds. The highest BCUT2D eigenvalue weighted by molar-refractivity contribution is 7.91. The Kier molecular flexibility index (Phi) is 4.04. The fraction of sp³-hybridized carbons (Fsp3) is 0.733. The van der Waals surface area contributed by atoms with E-state index in [1.807, 2.05) is 13.0 Å². The van der Waals surface area contributed by atoms with Gasteiger partial charge in [0.15, 0.2) is 9.84 Å². The molecule has 5 heteroatoms. The first-order chi connectivity index (χ1) is 9.15. The van der Waals surface area contributed by atoms with Crippen LogP contribution in [-0.2, 0) is 22.8 Å². The van der Waals surface area contributed by atoms with Gasteiger partial charge in [-0.25, -0.2) is 8.42 Å². The highest BCUT2D eigenvalue weighted by Crippen LogP contribution is 2.41. The van der Waals surface area contributed by atoms with Crippen LogP contribution in [-0.4, -0.2) is 29.6 Å². The molecule has 2 rings (SSSR count). The predicted octanol–water partition coefficient (Wildman–Crippen LogP) is 2.24. The summed E-state index contributed by atoms with van der Waals surface area (Å²) in [5.74, 6) is 0.353. The molecule has 0 aliphatic heterocycles. The van der Waals surface area contributed by atoms with Gasteiger partial charge in [0.25, 0.3) is 0 Å². The van der Waals surface area contributed by atoms with Gasteiger partial charge < -0.3 is 9.67 Å². The fourth-order valence-electron chi connectivity index (χ4n) is 3.09. The molecule has 1 N–H and O–H groups in total. The molecule has 0 saturated heterocycles. The number of nitrogens with zero attached hydrogens (tertiary/aromatic N) is 1. The molecule has 1 aromatic rings. The molecule has 0 spiro atoms. The summed E-state index contributed by atoms with van der Waals surface area (Å²) in [7, 11) is -2.96. The monoisotopic (exact) mass is 299 g/mol. The van der Waals surface area contributed by atoms with Crippen molar-refractivity contribution >= 4 is 9.84 Å². The topological polar surface area (TPSA) is 59.3 Å². The number of hydrogen-bond donors (Lipinski definition) is 1. The van der Waals surface area contributed by atoms with E-state index in [0.29, 0.717) is 6.54 Å². The van der Waals surface area contributed by atoms with Crippen LogP contribution >= 0.6 is 0 Å². The molecular weight excluding hydrogens is 274 g/mol. The molecule has 20 heavy (non-hydrogen) atoms. The Morgan fingerprint density at radius 3 is 2.70 bits per heavy atom. The molecule has 4 nitrogen and oxygen atoms in total. The number of aliphatic hydroxyl groups is 1. The van der Waals surface area contributed by atoms with E-state index >= 15 is 0 Å². The Morgan fingerprint density at radius 1 is 1.45 bits per heavy atom. The summed E-state index contributed by atoms with van der Waals surface area (Å²) in [5.41, 5.74) is 3.19. The van der Waals surface area contributed by atoms with E-state index < -0.39 is 15.9 Å². The van der Waals surface area contributed by atoms with Gasteiger partial charge in [0.05, 0.1) is 11.9 Å². The van der Waals surface area contributed by atoms with E-state index in [4.69, 9.17) is 0 Å². The van der Waals surface area contributed by atoms with Crippen LogP contribution in [0.2, 0.25) is 0 Å². The Labute approximate surface area is 121 Å². The number of aromatic nitrogens is 1. The zero-order valence-electron chi connectivity index (χ0n) is 12.8. The van der Waals surface area contributed by atoms with Gasteiger partial charge in [-0.15, -0.1) is 0 Å². The standard InChI is InChI=1S/C15H25NO3S/c1-5-20(18,19)7-6-16-11(2)8-12-13(16)9-15(3,4)10-14(12)17/h8,14,17H,5-7,9-10H2,1-4H3. The second-order valence-corrected chi connectivity index (χ2v) is 9.11. The van der Waals surface area contributed by atoms with Crippen LogP contribution in [0.15, 0.2) is 6.07 Å². The van der Waals surface area contributed by atoms with Crippen LogP contribution in [0.5, 0.6) is 0 Å². The summed E-state index contributed by atoms with van der Waals surface area (Å²) < 4.78 is 25.5. The zero-order chi connectivity index (χ0) is 15.1. The molecule has 1 unspecified atom stereocenters. The summed E-state index contributed by atoms with van der Waals surface area (Å²) in [4.78, 5) is 0. The van der Waals surface area contributed by atoms with Gasteiger partial charge in [0, 0.05) is 29.2 Å². The van der Waals surface area contributed by atoms with E-state index in [9.17, 15) is 13.5 Å². The van der Waals surface area contributed by atoms with Crippen molar-refractivity contribution in [1.29, 1.82) is 0 Å². The van der Waals surface area contributed by atoms with Crippen molar-refractivity contribution in [3.63, 3.8) is 0 Å². The van der Waals surface area contributed by atoms with Crippen LogP contribution < -0.4 is 0 Å². The largest absolute Gasteiger partial charge is 0.388 e. The minimum atomic E-state index is -2.96. The SMILES string of the molecule is CCS(=O)(=O)CCn1c(C)cc2c1CC(C)(C)CC2O. The minimum absolute atomic E-state index is 0.0542. The van der Waals surface area contributed by atoms with Gasteiger partial charge in [0.1, 0.15) is 0 Å². The third kappa shape index (κ3) is 3.09. The molecule has 1 aromatic heterocycles. The zero-order valence-corrected chi connectivity index (χ0v) is 13.6. The molecule has 114 valence electrons. The van der Waals surface area contributed by atoms with Crippen LogP contribution in [0.3, 0.4) is 0 Å². The third-order valence-corrected chi connectivity index (χ3v) is 5.95. The molecule has 0 aromatic carbocycles. The van der Waals surface area contributed by atoms with Crippen molar-refractivity contribution in [3.8, 4) is 0 Å². The first-order valence-corrected chi connectivity index (χ1v) is 9.05. The van der Waals surface area contributed by atoms with Crippen molar-refractivity contribution in [2.24, 2.45) is 5.41 Å². The number of fused-ring (bicyclic) bond motifs is 1. The minimum Gasteiger partial charge on any atom is -0.388 e. The van der Waals surface area contributed by atoms with Gasteiger partial charge in [-0.2, -0.15) is 0 Å². The lowest BCUT2D eigenvalue weighted by Crippen LogP contribution is -2.27. The molecular formula is C15H25NO3S. The second-order valence-electron chi connectivity index (χ2n) is 6.64. The number of aliphatic hydroxyl groups excluding tert-OH is 1. The van der Waals surface area contributed by atoms with Crippen molar-refractivity contribution in [1.82, 2.24) is 4.57 Å². The van der Waals surface area contributed by atoms with Crippen LogP contribution in [0, 0.1) is 12.3 Å². The first kappa shape index (κ1) is 15.6. The van der Waals surface area contributed by atoms with Gasteiger partial charge in [0.2, 0.25) is 0 Å². The fourth-order valence-corrected chi connectivity index (χ4v) is 3.84. The maximum Gasteiger partial charge on any atom is 0.151 e. The number of aryl methyl sites for hydroxylation is 1. The summed E-state index contributed by atoms with van der Waals surface area (Å²) in [5, 5.41) is 10.3. The van der Waals surface area contributed by atoms with Crippen LogP contribution in [0.4, 0.5) is 0 Å². The molecule has 0 fully saturated rings. The average Bonchev–Trinajstić information content (AvgIpc) is 2.62. The third-order valence-electron chi connectivity index (χ3n) is 4.27. The highest BCUT2D eigenvalue weighted by atomic mass is 32.2. The smallest absolute Gasteiger partial charge is 0.151 e. The maximum atomic E-state index is 11.7.